The molecular formula is C25H27F4N7O. The van der Waals surface area contributed by atoms with Gasteiger partial charge in [0.1, 0.15) is 5.82 Å². The van der Waals surface area contributed by atoms with E-state index in [1.807, 2.05) is 4.90 Å². The SMILES string of the molecule is COc1ccc(-c2nc(N3CCN(c4ncccc4C(F)(F)F)CC3)nc(N3CCCC3C)n2)cc1F. The number of hydrogen-bond acceptors (Lipinski definition) is 8. The second-order valence-electron chi connectivity index (χ2n) is 9.14. The maximum Gasteiger partial charge on any atom is 0.419 e. The molecule has 1 atom stereocenters. The molecule has 5 rings (SSSR count). The third-order valence-electron chi connectivity index (χ3n) is 6.79. The van der Waals surface area contributed by atoms with Crippen LogP contribution in [0.4, 0.5) is 35.3 Å². The molecule has 1 unspecified atom stereocenters. The minimum atomic E-state index is -4.49. The molecule has 3 aromatic rings. The van der Waals surface area contributed by atoms with Crippen molar-refractivity contribution >= 4 is 17.7 Å². The minimum absolute atomic E-state index is 0.0775. The molecule has 0 spiro atoms. The fourth-order valence-electron chi connectivity index (χ4n) is 4.78. The maximum absolute atomic E-state index is 14.5. The molecule has 0 bridgehead atoms. The van der Waals surface area contributed by atoms with Gasteiger partial charge in [0, 0.05) is 50.5 Å². The van der Waals surface area contributed by atoms with Crippen LogP contribution < -0.4 is 19.4 Å². The summed E-state index contributed by atoms with van der Waals surface area (Å²) in [5.74, 6) is 0.760. The number of halogens is 4. The van der Waals surface area contributed by atoms with Gasteiger partial charge in [-0.25, -0.2) is 9.37 Å². The monoisotopic (exact) mass is 517 g/mol. The Hall–Kier alpha value is -3.70. The van der Waals surface area contributed by atoms with E-state index in [2.05, 4.69) is 26.8 Å². The van der Waals surface area contributed by atoms with Crippen molar-refractivity contribution < 1.29 is 22.3 Å². The van der Waals surface area contributed by atoms with E-state index in [1.54, 1.807) is 11.0 Å². The summed E-state index contributed by atoms with van der Waals surface area (Å²) in [6.45, 7) is 4.32. The minimum Gasteiger partial charge on any atom is -0.494 e. The smallest absolute Gasteiger partial charge is 0.419 e. The topological polar surface area (TPSA) is 70.5 Å². The zero-order valence-electron chi connectivity index (χ0n) is 20.5. The van der Waals surface area contributed by atoms with Gasteiger partial charge in [0.2, 0.25) is 11.9 Å². The highest BCUT2D eigenvalue weighted by molar-refractivity contribution is 5.60. The lowest BCUT2D eigenvalue weighted by atomic mass is 10.2. The van der Waals surface area contributed by atoms with Gasteiger partial charge < -0.3 is 19.4 Å². The molecule has 4 heterocycles. The Bertz CT molecular complexity index is 1260. The highest BCUT2D eigenvalue weighted by Crippen LogP contribution is 2.36. The summed E-state index contributed by atoms with van der Waals surface area (Å²) in [5, 5.41) is 0. The van der Waals surface area contributed by atoms with Crippen LogP contribution in [-0.4, -0.2) is 65.8 Å². The van der Waals surface area contributed by atoms with Crippen LogP contribution in [0, 0.1) is 5.82 Å². The summed E-state index contributed by atoms with van der Waals surface area (Å²) in [4.78, 5) is 23.7. The van der Waals surface area contributed by atoms with Gasteiger partial charge >= 0.3 is 6.18 Å². The number of methoxy groups -OCH3 is 1. The number of hydrogen-bond donors (Lipinski definition) is 0. The van der Waals surface area contributed by atoms with Crippen molar-refractivity contribution in [3.05, 3.63) is 47.9 Å². The van der Waals surface area contributed by atoms with Crippen LogP contribution in [-0.2, 0) is 6.18 Å². The number of nitrogens with zero attached hydrogens (tertiary/aromatic N) is 7. The van der Waals surface area contributed by atoms with E-state index in [1.165, 1.54) is 31.5 Å². The van der Waals surface area contributed by atoms with E-state index in [0.717, 1.165) is 25.5 Å². The third kappa shape index (κ3) is 5.09. The fraction of sp³-hybridized carbons (Fsp3) is 0.440. The standard InChI is InChI=1S/C25H27F4N7O/c1-16-5-4-10-36(16)24-32-21(17-7-8-20(37-2)19(26)15-17)31-23(33-24)35-13-11-34(12-14-35)22-18(25(27,28)29)6-3-9-30-22/h3,6-9,15-16H,4-5,10-14H2,1-2H3. The third-order valence-corrected chi connectivity index (χ3v) is 6.79. The molecule has 2 saturated heterocycles. The zero-order chi connectivity index (χ0) is 26.2. The molecule has 0 saturated carbocycles. The van der Waals surface area contributed by atoms with Crippen molar-refractivity contribution in [3.63, 3.8) is 0 Å². The van der Waals surface area contributed by atoms with E-state index in [-0.39, 0.29) is 17.6 Å². The normalized spacial score (nSPS) is 18.4. The number of piperazine rings is 1. The van der Waals surface area contributed by atoms with E-state index in [9.17, 15) is 17.6 Å². The highest BCUT2D eigenvalue weighted by atomic mass is 19.4. The first kappa shape index (κ1) is 25.0. The van der Waals surface area contributed by atoms with E-state index in [4.69, 9.17) is 9.72 Å². The van der Waals surface area contributed by atoms with Crippen molar-refractivity contribution in [1.82, 2.24) is 19.9 Å². The molecule has 0 N–H and O–H groups in total. The van der Waals surface area contributed by atoms with Crippen LogP contribution in [0.15, 0.2) is 36.5 Å². The second kappa shape index (κ2) is 9.98. The van der Waals surface area contributed by atoms with Gasteiger partial charge in [-0.3, -0.25) is 0 Å². The van der Waals surface area contributed by atoms with Crippen molar-refractivity contribution in [2.75, 3.05) is 54.5 Å². The second-order valence-corrected chi connectivity index (χ2v) is 9.14. The molecule has 37 heavy (non-hydrogen) atoms. The average Bonchev–Trinajstić information content (AvgIpc) is 3.34. The van der Waals surface area contributed by atoms with Crippen LogP contribution in [0.2, 0.25) is 0 Å². The Morgan fingerprint density at radius 3 is 2.32 bits per heavy atom. The highest BCUT2D eigenvalue weighted by Gasteiger charge is 2.36. The number of rotatable bonds is 5. The number of benzene rings is 1. The molecule has 1 aromatic carbocycles. The van der Waals surface area contributed by atoms with Gasteiger partial charge in [-0.05, 0) is 50.1 Å². The summed E-state index contributed by atoms with van der Waals surface area (Å²) >= 11 is 0. The summed E-state index contributed by atoms with van der Waals surface area (Å²) in [7, 11) is 1.40. The van der Waals surface area contributed by atoms with E-state index in [0.29, 0.717) is 49.5 Å². The van der Waals surface area contributed by atoms with Gasteiger partial charge in [-0.2, -0.15) is 28.1 Å². The molecule has 196 valence electrons. The molecule has 2 fully saturated rings. The average molecular weight is 518 g/mol. The number of aromatic nitrogens is 4. The van der Waals surface area contributed by atoms with Crippen LogP contribution in [0.25, 0.3) is 11.4 Å². The van der Waals surface area contributed by atoms with Crippen LogP contribution in [0.5, 0.6) is 5.75 Å². The molecule has 0 amide bonds. The first-order valence-corrected chi connectivity index (χ1v) is 12.1. The van der Waals surface area contributed by atoms with Gasteiger partial charge in [-0.15, -0.1) is 0 Å². The number of pyridine rings is 1. The lowest BCUT2D eigenvalue weighted by Crippen LogP contribution is -2.48. The molecule has 2 aromatic heterocycles. The quantitative estimate of drug-likeness (QED) is 0.461. The molecule has 8 nitrogen and oxygen atoms in total. The van der Waals surface area contributed by atoms with Crippen molar-refractivity contribution in [2.45, 2.75) is 32.0 Å². The fourth-order valence-corrected chi connectivity index (χ4v) is 4.78. The van der Waals surface area contributed by atoms with Crippen molar-refractivity contribution in [3.8, 4) is 17.1 Å². The molecule has 12 heteroatoms. The largest absolute Gasteiger partial charge is 0.494 e. The first-order chi connectivity index (χ1) is 17.7. The molecular weight excluding hydrogens is 490 g/mol. The van der Waals surface area contributed by atoms with Gasteiger partial charge in [0.05, 0.1) is 12.7 Å². The number of ether oxygens (including phenoxy) is 1. The number of anilines is 3. The summed E-state index contributed by atoms with van der Waals surface area (Å²) in [6.07, 6.45) is -1.09. The maximum atomic E-state index is 14.5. The van der Waals surface area contributed by atoms with Gasteiger partial charge in [0.25, 0.3) is 0 Å². The van der Waals surface area contributed by atoms with Crippen LogP contribution >= 0.6 is 0 Å². The van der Waals surface area contributed by atoms with Crippen LogP contribution in [0.3, 0.4) is 0 Å². The lowest BCUT2D eigenvalue weighted by molar-refractivity contribution is -0.137. The molecule has 0 aliphatic carbocycles. The predicted molar refractivity (Wildman–Crippen MR) is 131 cm³/mol. The van der Waals surface area contributed by atoms with Gasteiger partial charge in [-0.1, -0.05) is 0 Å². The number of alkyl halides is 3. The summed E-state index contributed by atoms with van der Waals surface area (Å²) in [6, 6.07) is 7.12. The predicted octanol–water partition coefficient (Wildman–Crippen LogP) is 4.42. The Labute approximate surface area is 211 Å². The van der Waals surface area contributed by atoms with Crippen LogP contribution in [0.1, 0.15) is 25.3 Å². The Balaban J connectivity index is 1.44. The van der Waals surface area contributed by atoms with Crippen molar-refractivity contribution in [1.29, 1.82) is 0 Å². The molecule has 2 aliphatic rings. The summed E-state index contributed by atoms with van der Waals surface area (Å²) in [5.41, 5.74) is -0.269. The zero-order valence-corrected chi connectivity index (χ0v) is 20.5. The Morgan fingerprint density at radius 2 is 1.68 bits per heavy atom. The Morgan fingerprint density at radius 1 is 0.946 bits per heavy atom. The van der Waals surface area contributed by atoms with Gasteiger partial charge in [0.15, 0.2) is 17.4 Å². The molecule has 0 radical (unpaired) electrons. The van der Waals surface area contributed by atoms with E-state index < -0.39 is 17.6 Å². The Kier molecular flexibility index (Phi) is 6.74. The first-order valence-electron chi connectivity index (χ1n) is 12.1. The summed E-state index contributed by atoms with van der Waals surface area (Å²) < 4.78 is 60.0. The van der Waals surface area contributed by atoms with Crippen molar-refractivity contribution in [2.24, 2.45) is 0 Å². The lowest BCUT2D eigenvalue weighted by Gasteiger charge is -2.36. The molecule has 2 aliphatic heterocycles. The van der Waals surface area contributed by atoms with E-state index >= 15 is 0 Å².